The van der Waals surface area contributed by atoms with Crippen molar-refractivity contribution in [2.24, 2.45) is 0 Å². The van der Waals surface area contributed by atoms with Crippen molar-refractivity contribution in [3.05, 3.63) is 78.6 Å². The smallest absolute Gasteiger partial charge is 0.113 e. The quantitative estimate of drug-likeness (QED) is 0.216. The first-order valence-electron chi connectivity index (χ1n) is 13.6. The van der Waals surface area contributed by atoms with E-state index in [-0.39, 0.29) is 32.8 Å². The van der Waals surface area contributed by atoms with Crippen LogP contribution in [0.4, 0.5) is 0 Å². The number of hydrogen-bond donors (Lipinski definition) is 0. The number of hydrogen-bond acceptors (Lipinski definition) is 1. The van der Waals surface area contributed by atoms with E-state index in [1.807, 2.05) is 71.3 Å². The number of fused-ring (bicyclic) bond motifs is 4. The molecule has 178 valence electrons. The summed E-state index contributed by atoms with van der Waals surface area (Å²) in [6.07, 6.45) is 0. The topological polar surface area (TPSA) is 17.8 Å². The van der Waals surface area contributed by atoms with Crippen LogP contribution in [0.2, 0.25) is 0 Å². The number of nitrogens with zero attached hydrogens (tertiary/aromatic N) is 2. The summed E-state index contributed by atoms with van der Waals surface area (Å²) in [6, 6.07) is 23.4. The molecule has 7 aromatic rings. The predicted molar refractivity (Wildman–Crippen MR) is 191 cm³/mol. The van der Waals surface area contributed by atoms with Gasteiger partial charge in [-0.2, -0.15) is 0 Å². The molecular weight excluding hydrogens is 510 g/mol. The van der Waals surface area contributed by atoms with E-state index in [1.165, 1.54) is 0 Å². The minimum absolute atomic E-state index is 0.138. The fourth-order valence-electron chi connectivity index (χ4n) is 6.24. The molecule has 0 aliphatic carbocycles. The van der Waals surface area contributed by atoms with Gasteiger partial charge in [-0.05, 0) is 55.6 Å². The highest BCUT2D eigenvalue weighted by Gasteiger charge is 2.26. The van der Waals surface area contributed by atoms with Crippen LogP contribution >= 0.6 is 0 Å². The van der Waals surface area contributed by atoms with Crippen molar-refractivity contribution < 1.29 is 0 Å². The van der Waals surface area contributed by atoms with Crippen LogP contribution in [0, 0.1) is 0 Å². The summed E-state index contributed by atoms with van der Waals surface area (Å²) in [7, 11) is 59.3. The number of para-hydroxylation sites is 2. The lowest BCUT2D eigenvalue weighted by molar-refractivity contribution is 0.980. The lowest BCUT2D eigenvalue weighted by Gasteiger charge is -2.28. The fraction of sp³-hybridized carbons (Fsp3) is 0.0312. The molecule has 11 heteroatoms. The van der Waals surface area contributed by atoms with Crippen molar-refractivity contribution in [2.45, 2.75) is 5.72 Å². The SMILES string of the molecule is [B]c1cc2c(-c3cccc4ccccc34)c3c([B])c([B])c([B])c([B])c3c(-n3c(C([B])[B])nc4ccccc43)c2c([B])c1[B]. The molecule has 0 atom stereocenters. The lowest BCUT2D eigenvalue weighted by Crippen LogP contribution is -2.48. The van der Waals surface area contributed by atoms with Crippen molar-refractivity contribution in [1.82, 2.24) is 9.55 Å². The highest BCUT2D eigenvalue weighted by molar-refractivity contribution is 6.68. The normalized spacial score (nSPS) is 11.8. The molecule has 0 fully saturated rings. The Kier molecular flexibility index (Phi) is 6.58. The van der Waals surface area contributed by atoms with Gasteiger partial charge in [0.15, 0.2) is 0 Å². The lowest BCUT2D eigenvalue weighted by atomic mass is 9.62. The third-order valence-electron chi connectivity index (χ3n) is 8.26. The van der Waals surface area contributed by atoms with E-state index in [2.05, 4.69) is 0 Å². The van der Waals surface area contributed by atoms with Crippen molar-refractivity contribution in [2.75, 3.05) is 0 Å². The second-order valence-electron chi connectivity index (χ2n) is 10.7. The van der Waals surface area contributed by atoms with Gasteiger partial charge in [-0.1, -0.05) is 82.8 Å². The van der Waals surface area contributed by atoms with Gasteiger partial charge in [0.25, 0.3) is 0 Å². The summed E-state index contributed by atoms with van der Waals surface area (Å²) >= 11 is 0. The molecule has 1 heterocycles. The maximum atomic E-state index is 6.88. The van der Waals surface area contributed by atoms with Crippen LogP contribution in [0.5, 0.6) is 0 Å². The van der Waals surface area contributed by atoms with Crippen LogP contribution in [0.25, 0.3) is 60.2 Å². The van der Waals surface area contributed by atoms with Gasteiger partial charge in [0.2, 0.25) is 0 Å². The van der Waals surface area contributed by atoms with E-state index in [0.717, 1.165) is 21.9 Å². The largest absolute Gasteiger partial charge is 0.296 e. The molecule has 0 spiro atoms. The molecule has 0 aliphatic rings. The number of benzene rings is 6. The first-order valence-corrected chi connectivity index (χ1v) is 13.6. The Labute approximate surface area is 262 Å². The Morgan fingerprint density at radius 2 is 1.21 bits per heavy atom. The summed E-state index contributed by atoms with van der Waals surface area (Å²) < 4.78 is 1.84. The van der Waals surface area contributed by atoms with Crippen molar-refractivity contribution in [3.8, 4) is 16.8 Å². The molecule has 6 aromatic carbocycles. The summed E-state index contributed by atoms with van der Waals surface area (Å²) in [5.74, 6) is 0.366. The molecule has 43 heavy (non-hydrogen) atoms. The van der Waals surface area contributed by atoms with Crippen molar-refractivity contribution in [1.29, 1.82) is 0 Å². The third-order valence-corrected chi connectivity index (χ3v) is 8.26. The van der Waals surface area contributed by atoms with E-state index < -0.39 is 5.72 Å². The van der Waals surface area contributed by atoms with Crippen molar-refractivity contribution in [3.63, 3.8) is 0 Å². The predicted octanol–water partition coefficient (Wildman–Crippen LogP) is -0.956. The molecule has 18 radical (unpaired) electrons. The average molecular weight is 523 g/mol. The Morgan fingerprint density at radius 1 is 0.581 bits per heavy atom. The Morgan fingerprint density at radius 3 is 1.95 bits per heavy atom. The molecule has 2 nitrogen and oxygen atoms in total. The first-order chi connectivity index (χ1) is 20.6. The molecule has 0 saturated heterocycles. The van der Waals surface area contributed by atoms with Gasteiger partial charge >= 0.3 is 0 Å². The second-order valence-corrected chi connectivity index (χ2v) is 10.7. The standard InChI is InChI=1S/C32H13B9N2/c33-17-12-16-20(15-9-5-7-13-6-1-2-8-14(13)15)22-23(27(37)29(39)28(38)26(22)36)30(21(16)25(35)24(17)34)43-19-11-4-3-10-18(19)42-32(43)31(40)41/h1-12,31H. The summed E-state index contributed by atoms with van der Waals surface area (Å²) in [5, 5.41) is 4.30. The monoisotopic (exact) mass is 524 g/mol. The van der Waals surface area contributed by atoms with E-state index in [0.29, 0.717) is 49.6 Å². The molecule has 0 N–H and O–H groups in total. The molecule has 0 amide bonds. The van der Waals surface area contributed by atoms with Crippen LogP contribution in [-0.4, -0.2) is 80.2 Å². The highest BCUT2D eigenvalue weighted by atomic mass is 15.1. The molecule has 0 unspecified atom stereocenters. The molecular formula is C32H13B9N2. The molecule has 7 rings (SSSR count). The van der Waals surface area contributed by atoms with Crippen molar-refractivity contribution >= 4 is 152 Å². The van der Waals surface area contributed by atoms with Crippen LogP contribution in [0.15, 0.2) is 72.8 Å². The van der Waals surface area contributed by atoms with Crippen LogP contribution < -0.4 is 38.2 Å². The van der Waals surface area contributed by atoms with Crippen LogP contribution in [0.3, 0.4) is 0 Å². The summed E-state index contributed by atoms with van der Waals surface area (Å²) in [4.78, 5) is 4.77. The number of aromatic nitrogens is 2. The minimum atomic E-state index is -0.965. The van der Waals surface area contributed by atoms with E-state index >= 15 is 0 Å². The van der Waals surface area contributed by atoms with E-state index in [4.69, 9.17) is 75.6 Å². The molecule has 1 aromatic heterocycles. The van der Waals surface area contributed by atoms with Gasteiger partial charge in [0.05, 0.1) is 32.4 Å². The number of rotatable bonds is 3. The second kappa shape index (κ2) is 10.1. The van der Waals surface area contributed by atoms with Crippen LogP contribution in [-0.2, 0) is 0 Å². The summed E-state index contributed by atoms with van der Waals surface area (Å²) in [6.45, 7) is 0. The number of imidazole rings is 1. The van der Waals surface area contributed by atoms with Gasteiger partial charge < -0.3 is 0 Å². The van der Waals surface area contributed by atoms with Gasteiger partial charge in [-0.25, -0.2) is 4.98 Å². The van der Waals surface area contributed by atoms with E-state index in [1.54, 1.807) is 6.07 Å². The zero-order valence-corrected chi connectivity index (χ0v) is 23.1. The Hall–Kier alpha value is -3.85. The van der Waals surface area contributed by atoms with E-state index in [9.17, 15) is 0 Å². The van der Waals surface area contributed by atoms with Gasteiger partial charge in [-0.3, -0.25) is 4.57 Å². The summed E-state index contributed by atoms with van der Waals surface area (Å²) in [5.41, 5.74) is 4.05. The zero-order valence-electron chi connectivity index (χ0n) is 23.1. The van der Waals surface area contributed by atoms with Gasteiger partial charge in [0.1, 0.15) is 60.7 Å². The Balaban J connectivity index is 1.87. The molecule has 0 saturated carbocycles. The maximum absolute atomic E-state index is 6.88. The first kappa shape index (κ1) is 28.0. The van der Waals surface area contributed by atoms with Crippen LogP contribution in [0.1, 0.15) is 11.5 Å². The minimum Gasteiger partial charge on any atom is -0.296 e. The fourth-order valence-corrected chi connectivity index (χ4v) is 6.24. The Bertz CT molecular complexity index is 2300. The molecule has 0 bridgehead atoms. The van der Waals surface area contributed by atoms with Gasteiger partial charge in [-0.15, -0.1) is 21.9 Å². The van der Waals surface area contributed by atoms with Gasteiger partial charge in [0, 0.05) is 0 Å². The maximum Gasteiger partial charge on any atom is 0.113 e. The molecule has 0 aliphatic heterocycles. The highest BCUT2D eigenvalue weighted by Crippen LogP contribution is 2.42. The average Bonchev–Trinajstić information content (AvgIpc) is 3.40. The zero-order chi connectivity index (χ0) is 30.3. The third kappa shape index (κ3) is 3.96.